The van der Waals surface area contributed by atoms with Crippen molar-refractivity contribution in [1.82, 2.24) is 5.32 Å². The Balaban J connectivity index is 1.67. The highest BCUT2D eigenvalue weighted by Crippen LogP contribution is 2.31. The number of hydrogen-bond donors (Lipinski definition) is 1. The van der Waals surface area contributed by atoms with Gasteiger partial charge in [0, 0.05) is 4.47 Å². The molecule has 0 aromatic heterocycles. The van der Waals surface area contributed by atoms with E-state index in [-0.39, 0.29) is 5.57 Å². The number of nitrogens with zero attached hydrogens (tertiary/aromatic N) is 1. The van der Waals surface area contributed by atoms with Crippen molar-refractivity contribution in [3.63, 3.8) is 0 Å². The summed E-state index contributed by atoms with van der Waals surface area (Å²) in [6.07, 6.45) is 2.21. The molecule has 0 saturated carbocycles. The van der Waals surface area contributed by atoms with Crippen LogP contribution in [0.5, 0.6) is 0 Å². The Hall–Kier alpha value is -4.03. The van der Waals surface area contributed by atoms with Crippen LogP contribution in [0.25, 0.3) is 16.8 Å². The van der Waals surface area contributed by atoms with E-state index >= 15 is 0 Å². The van der Waals surface area contributed by atoms with Crippen LogP contribution < -0.4 is 10.2 Å². The molecule has 0 aliphatic carbocycles. The lowest BCUT2D eigenvalue weighted by atomic mass is 9.92. The lowest BCUT2D eigenvalue weighted by molar-refractivity contribution is -0.122. The zero-order chi connectivity index (χ0) is 24.5. The Bertz CT molecular complexity index is 1540. The van der Waals surface area contributed by atoms with Gasteiger partial charge < -0.3 is 0 Å². The number of nitrogens with one attached hydrogen (secondary N) is 1. The Kier molecular flexibility index (Phi) is 6.05. The van der Waals surface area contributed by atoms with E-state index in [2.05, 4.69) is 21.2 Å². The van der Waals surface area contributed by atoms with Crippen LogP contribution in [0.2, 0.25) is 0 Å². The molecular weight excluding hydrogens is 504 g/mol. The molecule has 1 aliphatic heterocycles. The van der Waals surface area contributed by atoms with Crippen molar-refractivity contribution in [2.75, 3.05) is 4.90 Å². The molecule has 172 valence electrons. The van der Waals surface area contributed by atoms with E-state index in [1.807, 2.05) is 79.7 Å². The molecule has 5 rings (SSSR count). The fourth-order valence-corrected chi connectivity index (χ4v) is 4.77. The van der Waals surface area contributed by atoms with E-state index in [1.54, 1.807) is 18.2 Å². The van der Waals surface area contributed by atoms with Crippen molar-refractivity contribution in [2.45, 2.75) is 13.3 Å². The first-order valence-corrected chi connectivity index (χ1v) is 11.9. The molecular formula is C29H21BrN2O3. The number of fused-ring (bicyclic) bond motifs is 1. The number of anilines is 1. The highest BCUT2D eigenvalue weighted by Gasteiger charge is 2.37. The van der Waals surface area contributed by atoms with Gasteiger partial charge in [0.15, 0.2) is 0 Å². The van der Waals surface area contributed by atoms with Crippen LogP contribution in [0.15, 0.2) is 95.0 Å². The maximum Gasteiger partial charge on any atom is 0.335 e. The van der Waals surface area contributed by atoms with Crippen molar-refractivity contribution in [3.8, 4) is 0 Å². The molecule has 6 heteroatoms. The summed E-state index contributed by atoms with van der Waals surface area (Å²) in [5.74, 6) is -1.35. The molecule has 5 nitrogen and oxygen atoms in total. The van der Waals surface area contributed by atoms with Crippen molar-refractivity contribution >= 4 is 56.3 Å². The zero-order valence-corrected chi connectivity index (χ0v) is 20.5. The average Bonchev–Trinajstić information content (AvgIpc) is 2.85. The molecule has 0 radical (unpaired) electrons. The molecule has 0 atom stereocenters. The second kappa shape index (κ2) is 9.31. The first kappa shape index (κ1) is 22.7. The van der Waals surface area contributed by atoms with Gasteiger partial charge in [-0.05, 0) is 64.6 Å². The van der Waals surface area contributed by atoms with Crippen molar-refractivity contribution < 1.29 is 14.4 Å². The van der Waals surface area contributed by atoms with Crippen LogP contribution in [0.4, 0.5) is 10.5 Å². The van der Waals surface area contributed by atoms with Crippen LogP contribution in [-0.4, -0.2) is 17.8 Å². The number of imide groups is 2. The Morgan fingerprint density at radius 2 is 1.54 bits per heavy atom. The summed E-state index contributed by atoms with van der Waals surface area (Å²) < 4.78 is 0.981. The first-order valence-electron chi connectivity index (χ1n) is 11.1. The van der Waals surface area contributed by atoms with E-state index in [0.29, 0.717) is 12.1 Å². The fourth-order valence-electron chi connectivity index (χ4n) is 4.35. The third-order valence-electron chi connectivity index (χ3n) is 6.15. The SMILES string of the molecule is Cc1ccccc1N1C(=O)NC(=O)/C(=C\c2c(Cc3ccccc3Br)ccc3ccccc23)C1=O. The van der Waals surface area contributed by atoms with Gasteiger partial charge in [0.1, 0.15) is 5.57 Å². The van der Waals surface area contributed by atoms with Crippen LogP contribution in [0.1, 0.15) is 22.3 Å². The van der Waals surface area contributed by atoms with E-state index in [1.165, 1.54) is 0 Å². The monoisotopic (exact) mass is 524 g/mol. The standard InChI is InChI=1S/C29H21BrN2O3/c1-18-8-2-7-13-26(18)32-28(34)24(27(33)31-29(32)35)17-23-20(16-21-10-4-6-12-25(21)30)15-14-19-9-3-5-11-22(19)23/h2-15,17H,16H2,1H3,(H,31,33,35)/b24-17+. The third-order valence-corrected chi connectivity index (χ3v) is 6.92. The Labute approximate surface area is 211 Å². The smallest absolute Gasteiger partial charge is 0.273 e. The molecule has 0 bridgehead atoms. The second-order valence-electron chi connectivity index (χ2n) is 8.37. The summed E-state index contributed by atoms with van der Waals surface area (Å²) in [6.45, 7) is 1.82. The van der Waals surface area contributed by atoms with Gasteiger partial charge in [-0.15, -0.1) is 0 Å². The highest BCUT2D eigenvalue weighted by molar-refractivity contribution is 9.10. The first-order chi connectivity index (χ1) is 16.9. The minimum absolute atomic E-state index is 0.0856. The molecule has 0 spiro atoms. The van der Waals surface area contributed by atoms with E-state index in [9.17, 15) is 14.4 Å². The number of barbiturate groups is 1. The molecule has 4 aromatic rings. The van der Waals surface area contributed by atoms with Crippen LogP contribution in [0, 0.1) is 6.92 Å². The lowest BCUT2D eigenvalue weighted by Gasteiger charge is -2.27. The van der Waals surface area contributed by atoms with Crippen molar-refractivity contribution in [1.29, 1.82) is 0 Å². The third kappa shape index (κ3) is 4.29. The fraction of sp³-hybridized carbons (Fsp3) is 0.0690. The molecule has 1 N–H and O–H groups in total. The predicted molar refractivity (Wildman–Crippen MR) is 141 cm³/mol. The van der Waals surface area contributed by atoms with E-state index in [0.717, 1.165) is 42.4 Å². The summed E-state index contributed by atoms with van der Waals surface area (Å²) in [5, 5.41) is 4.25. The lowest BCUT2D eigenvalue weighted by Crippen LogP contribution is -2.54. The van der Waals surface area contributed by atoms with Gasteiger partial charge in [-0.25, -0.2) is 9.69 Å². The summed E-state index contributed by atoms with van der Waals surface area (Å²) in [7, 11) is 0. The number of carbonyl (C=O) groups is 3. The molecule has 1 heterocycles. The second-order valence-corrected chi connectivity index (χ2v) is 9.23. The molecule has 1 fully saturated rings. The van der Waals surface area contributed by atoms with Crippen molar-refractivity contribution in [3.05, 3.63) is 117 Å². The molecule has 1 saturated heterocycles. The summed E-state index contributed by atoms with van der Waals surface area (Å²) >= 11 is 3.61. The number of rotatable bonds is 4. The summed E-state index contributed by atoms with van der Waals surface area (Å²) in [6, 6.07) is 26.2. The van der Waals surface area contributed by atoms with E-state index < -0.39 is 17.8 Å². The molecule has 1 aliphatic rings. The zero-order valence-electron chi connectivity index (χ0n) is 18.9. The number of benzene rings is 4. The number of para-hydroxylation sites is 1. The van der Waals surface area contributed by atoms with Crippen LogP contribution in [0.3, 0.4) is 0 Å². The van der Waals surface area contributed by atoms with Gasteiger partial charge in [0.25, 0.3) is 11.8 Å². The van der Waals surface area contributed by atoms with Crippen LogP contribution in [-0.2, 0) is 16.0 Å². The molecule has 35 heavy (non-hydrogen) atoms. The van der Waals surface area contributed by atoms with Gasteiger partial charge in [0.05, 0.1) is 5.69 Å². The normalized spacial score (nSPS) is 15.1. The van der Waals surface area contributed by atoms with Crippen LogP contribution >= 0.6 is 15.9 Å². The van der Waals surface area contributed by atoms with Gasteiger partial charge in [-0.1, -0.05) is 88.7 Å². The average molecular weight is 525 g/mol. The quantitative estimate of drug-likeness (QED) is 0.256. The maximum atomic E-state index is 13.5. The highest BCUT2D eigenvalue weighted by atomic mass is 79.9. The Morgan fingerprint density at radius 3 is 2.34 bits per heavy atom. The summed E-state index contributed by atoms with van der Waals surface area (Å²) in [4.78, 5) is 40.1. The number of aryl methyl sites for hydroxylation is 1. The predicted octanol–water partition coefficient (Wildman–Crippen LogP) is 6.17. The number of hydrogen-bond acceptors (Lipinski definition) is 3. The number of halogens is 1. The molecule has 4 aromatic carbocycles. The topological polar surface area (TPSA) is 66.5 Å². The minimum Gasteiger partial charge on any atom is -0.273 e. The van der Waals surface area contributed by atoms with Gasteiger partial charge in [-0.3, -0.25) is 14.9 Å². The number of urea groups is 1. The number of amides is 4. The summed E-state index contributed by atoms with van der Waals surface area (Å²) in [5.41, 5.74) is 3.93. The van der Waals surface area contributed by atoms with E-state index in [4.69, 9.17) is 0 Å². The Morgan fingerprint density at radius 1 is 0.829 bits per heavy atom. The van der Waals surface area contributed by atoms with Gasteiger partial charge in [-0.2, -0.15) is 0 Å². The maximum absolute atomic E-state index is 13.5. The molecule has 4 amide bonds. The van der Waals surface area contributed by atoms with Crippen molar-refractivity contribution in [2.24, 2.45) is 0 Å². The molecule has 0 unspecified atom stereocenters. The number of carbonyl (C=O) groups excluding carboxylic acids is 3. The minimum atomic E-state index is -0.752. The largest absolute Gasteiger partial charge is 0.335 e. The van der Waals surface area contributed by atoms with Gasteiger partial charge >= 0.3 is 6.03 Å². The van der Waals surface area contributed by atoms with Gasteiger partial charge in [0.2, 0.25) is 0 Å².